The van der Waals surface area contributed by atoms with Crippen molar-refractivity contribution in [2.75, 3.05) is 13.6 Å². The number of aromatic hydroxyl groups is 1. The number of rotatable bonds is 5. The maximum Gasteiger partial charge on any atom is 0.336 e. The van der Waals surface area contributed by atoms with E-state index in [4.69, 9.17) is 9.68 Å². The average Bonchev–Trinajstić information content (AvgIpc) is 2.61. The van der Waals surface area contributed by atoms with Crippen molar-refractivity contribution >= 4 is 11.0 Å². The highest BCUT2D eigenvalue weighted by atomic mass is 16.4. The van der Waals surface area contributed by atoms with Crippen LogP contribution in [0, 0.1) is 11.3 Å². The Kier molecular flexibility index (Phi) is 4.82. The van der Waals surface area contributed by atoms with Gasteiger partial charge in [0.25, 0.3) is 0 Å². The number of phenolic OH excluding ortho intramolecular Hbond substituents is 1. The average molecular weight is 335 g/mol. The van der Waals surface area contributed by atoms with Crippen LogP contribution in [-0.2, 0) is 6.54 Å². The third kappa shape index (κ3) is 3.70. The molecule has 0 saturated heterocycles. The van der Waals surface area contributed by atoms with Gasteiger partial charge in [0.05, 0.1) is 26.1 Å². The molecule has 3 rings (SSSR count). The van der Waals surface area contributed by atoms with E-state index in [2.05, 4.69) is 6.07 Å². The number of nitriles is 1. The quantitative estimate of drug-likeness (QED) is 0.700. The molecule has 0 spiro atoms. The van der Waals surface area contributed by atoms with E-state index < -0.39 is 5.63 Å². The lowest BCUT2D eigenvalue weighted by Crippen LogP contribution is -3.07. The van der Waals surface area contributed by atoms with E-state index in [1.54, 1.807) is 12.1 Å². The molecule has 0 bridgehead atoms. The molecule has 0 saturated carbocycles. The maximum atomic E-state index is 11.9. The Bertz CT molecular complexity index is 987. The number of hydrogen-bond acceptors (Lipinski definition) is 4. The summed E-state index contributed by atoms with van der Waals surface area (Å²) < 4.78 is 5.35. The summed E-state index contributed by atoms with van der Waals surface area (Å²) in [5, 5.41) is 19.9. The van der Waals surface area contributed by atoms with Crippen molar-refractivity contribution in [2.24, 2.45) is 0 Å². The Balaban J connectivity index is 2.07. The fourth-order valence-corrected chi connectivity index (χ4v) is 2.94. The van der Waals surface area contributed by atoms with E-state index in [0.29, 0.717) is 36.0 Å². The highest BCUT2D eigenvalue weighted by Crippen LogP contribution is 2.33. The van der Waals surface area contributed by atoms with Crippen molar-refractivity contribution in [3.8, 4) is 22.9 Å². The van der Waals surface area contributed by atoms with Crippen molar-refractivity contribution < 1.29 is 14.4 Å². The number of quaternary nitrogens is 1. The van der Waals surface area contributed by atoms with Gasteiger partial charge in [0.15, 0.2) is 0 Å². The monoisotopic (exact) mass is 335 g/mol. The summed E-state index contributed by atoms with van der Waals surface area (Å²) in [5.74, 6) is 0.142. The SMILES string of the molecule is C[NH+](CCC#N)Cc1cc(=O)oc2cc(-c3ccccc3)c(O)cc12. The van der Waals surface area contributed by atoms with Gasteiger partial charge in [-0.1, -0.05) is 30.3 Å². The summed E-state index contributed by atoms with van der Waals surface area (Å²) in [4.78, 5) is 13.1. The van der Waals surface area contributed by atoms with Gasteiger partial charge >= 0.3 is 5.63 Å². The molecule has 3 aromatic rings. The third-order valence-corrected chi connectivity index (χ3v) is 4.19. The first-order valence-corrected chi connectivity index (χ1v) is 8.12. The van der Waals surface area contributed by atoms with Crippen LogP contribution in [0.1, 0.15) is 12.0 Å². The molecule has 5 heteroatoms. The predicted octanol–water partition coefficient (Wildman–Crippen LogP) is 2.09. The predicted molar refractivity (Wildman–Crippen MR) is 95.3 cm³/mol. The smallest absolute Gasteiger partial charge is 0.336 e. The molecule has 126 valence electrons. The van der Waals surface area contributed by atoms with E-state index >= 15 is 0 Å². The van der Waals surface area contributed by atoms with Gasteiger partial charge in [0.2, 0.25) is 0 Å². The minimum absolute atomic E-state index is 0.142. The molecular formula is C20H19N2O3+. The number of nitrogens with one attached hydrogen (secondary N) is 1. The second-order valence-electron chi connectivity index (χ2n) is 6.11. The summed E-state index contributed by atoms with van der Waals surface area (Å²) >= 11 is 0. The zero-order chi connectivity index (χ0) is 17.8. The molecule has 2 aromatic carbocycles. The van der Waals surface area contributed by atoms with Gasteiger partial charge in [-0.15, -0.1) is 0 Å². The number of fused-ring (bicyclic) bond motifs is 1. The fraction of sp³-hybridized carbons (Fsp3) is 0.200. The van der Waals surface area contributed by atoms with Gasteiger partial charge in [-0.05, 0) is 17.7 Å². The second-order valence-corrected chi connectivity index (χ2v) is 6.11. The van der Waals surface area contributed by atoms with E-state index in [-0.39, 0.29) is 5.75 Å². The standard InChI is InChI=1S/C20H18N2O3/c1-22(9-5-8-21)13-15-10-20(24)25-19-12-16(18(23)11-17(15)19)14-6-3-2-4-7-14/h2-4,6-7,10-12,23H,5,9,13H2,1H3/p+1. The zero-order valence-electron chi connectivity index (χ0n) is 14.0. The highest BCUT2D eigenvalue weighted by Gasteiger charge is 2.14. The molecule has 2 N–H and O–H groups in total. The van der Waals surface area contributed by atoms with Gasteiger partial charge in [0, 0.05) is 22.6 Å². The van der Waals surface area contributed by atoms with Crippen LogP contribution in [0.3, 0.4) is 0 Å². The molecular weight excluding hydrogens is 316 g/mol. The van der Waals surface area contributed by atoms with E-state index in [1.165, 1.54) is 6.07 Å². The minimum atomic E-state index is -0.416. The van der Waals surface area contributed by atoms with Crippen molar-refractivity contribution in [2.45, 2.75) is 13.0 Å². The summed E-state index contributed by atoms with van der Waals surface area (Å²) in [6.45, 7) is 1.26. The Hall–Kier alpha value is -3.10. The van der Waals surface area contributed by atoms with Gasteiger partial charge < -0.3 is 14.4 Å². The number of hydrogen-bond donors (Lipinski definition) is 2. The molecule has 0 radical (unpaired) electrons. The lowest BCUT2D eigenvalue weighted by molar-refractivity contribution is -0.893. The first-order chi connectivity index (χ1) is 12.1. The second kappa shape index (κ2) is 7.20. The van der Waals surface area contributed by atoms with E-state index in [1.807, 2.05) is 37.4 Å². The largest absolute Gasteiger partial charge is 0.507 e. The highest BCUT2D eigenvalue weighted by molar-refractivity contribution is 5.88. The van der Waals surface area contributed by atoms with E-state index in [0.717, 1.165) is 16.0 Å². The van der Waals surface area contributed by atoms with Gasteiger partial charge in [-0.2, -0.15) is 5.26 Å². The van der Waals surface area contributed by atoms with Crippen LogP contribution in [0.2, 0.25) is 0 Å². The van der Waals surface area contributed by atoms with Crippen molar-refractivity contribution in [3.05, 3.63) is 64.5 Å². The number of benzene rings is 2. The molecule has 5 nitrogen and oxygen atoms in total. The first-order valence-electron chi connectivity index (χ1n) is 8.12. The van der Waals surface area contributed by atoms with Crippen LogP contribution in [0.4, 0.5) is 0 Å². The van der Waals surface area contributed by atoms with Gasteiger partial charge in [-0.3, -0.25) is 0 Å². The van der Waals surface area contributed by atoms with Gasteiger partial charge in [0.1, 0.15) is 17.9 Å². The lowest BCUT2D eigenvalue weighted by Gasteiger charge is -2.14. The molecule has 0 aliphatic heterocycles. The normalized spacial score (nSPS) is 12.0. The van der Waals surface area contributed by atoms with Crippen LogP contribution in [0.15, 0.2) is 57.7 Å². The fourth-order valence-electron chi connectivity index (χ4n) is 2.94. The van der Waals surface area contributed by atoms with Crippen LogP contribution in [0.25, 0.3) is 22.1 Å². The van der Waals surface area contributed by atoms with Crippen molar-refractivity contribution in [3.63, 3.8) is 0 Å². The minimum Gasteiger partial charge on any atom is -0.507 e. The van der Waals surface area contributed by atoms with Crippen molar-refractivity contribution in [1.29, 1.82) is 5.26 Å². The van der Waals surface area contributed by atoms with Crippen molar-refractivity contribution in [1.82, 2.24) is 0 Å². The molecule has 0 aliphatic rings. The Labute approximate surface area is 145 Å². The summed E-state index contributed by atoms with van der Waals surface area (Å²) in [7, 11) is 1.97. The van der Waals surface area contributed by atoms with E-state index in [9.17, 15) is 9.90 Å². The Morgan fingerprint density at radius 2 is 1.96 bits per heavy atom. The Morgan fingerprint density at radius 3 is 2.68 bits per heavy atom. The molecule has 1 heterocycles. The van der Waals surface area contributed by atoms with Crippen LogP contribution < -0.4 is 10.5 Å². The third-order valence-electron chi connectivity index (χ3n) is 4.19. The van der Waals surface area contributed by atoms with Gasteiger partial charge in [-0.25, -0.2) is 4.79 Å². The first kappa shape index (κ1) is 16.7. The topological polar surface area (TPSA) is 78.7 Å². The number of phenols is 1. The number of nitrogens with zero attached hydrogens (tertiary/aromatic N) is 1. The molecule has 1 unspecified atom stereocenters. The molecule has 1 aromatic heterocycles. The molecule has 25 heavy (non-hydrogen) atoms. The molecule has 0 fully saturated rings. The maximum absolute atomic E-state index is 11.9. The molecule has 1 atom stereocenters. The summed E-state index contributed by atoms with van der Waals surface area (Å²) in [5.41, 5.74) is 2.31. The molecule has 0 aliphatic carbocycles. The molecule has 0 amide bonds. The summed E-state index contributed by atoms with van der Waals surface area (Å²) in [6, 6.07) is 16.4. The van der Waals surface area contributed by atoms with Crippen LogP contribution >= 0.6 is 0 Å². The zero-order valence-corrected chi connectivity index (χ0v) is 14.0. The van der Waals surface area contributed by atoms with Crippen LogP contribution in [-0.4, -0.2) is 18.7 Å². The van der Waals surface area contributed by atoms with Crippen LogP contribution in [0.5, 0.6) is 5.75 Å². The lowest BCUT2D eigenvalue weighted by atomic mass is 10.0. The summed E-state index contributed by atoms with van der Waals surface area (Å²) in [6.07, 6.45) is 0.453. The Morgan fingerprint density at radius 1 is 1.20 bits per heavy atom.